The Balaban J connectivity index is 2.14. The molecule has 0 aromatic carbocycles. The number of aromatic nitrogens is 2. The van der Waals surface area contributed by atoms with Crippen molar-refractivity contribution in [2.45, 2.75) is 45.2 Å². The molecule has 5 nitrogen and oxygen atoms in total. The monoisotopic (exact) mass is 236 g/mol. The van der Waals surface area contributed by atoms with Gasteiger partial charge >= 0.3 is 0 Å². The van der Waals surface area contributed by atoms with Crippen LogP contribution < -0.4 is 11.1 Å². The minimum atomic E-state index is -0.0459. The first-order valence-corrected chi connectivity index (χ1v) is 6.07. The fraction of sp³-hybridized carbons (Fsp3) is 0.667. The van der Waals surface area contributed by atoms with E-state index in [1.807, 2.05) is 20.9 Å². The van der Waals surface area contributed by atoms with Gasteiger partial charge in [-0.2, -0.15) is 5.10 Å². The molecule has 1 aliphatic rings. The van der Waals surface area contributed by atoms with Crippen LogP contribution in [-0.4, -0.2) is 27.8 Å². The van der Waals surface area contributed by atoms with Crippen molar-refractivity contribution in [3.63, 3.8) is 0 Å². The van der Waals surface area contributed by atoms with Crippen LogP contribution in [0.15, 0.2) is 0 Å². The van der Waals surface area contributed by atoms with E-state index < -0.39 is 0 Å². The lowest BCUT2D eigenvalue weighted by molar-refractivity contribution is 0.0933. The third-order valence-corrected chi connectivity index (χ3v) is 3.62. The molecule has 3 N–H and O–H groups in total. The minimum Gasteiger partial charge on any atom is -0.348 e. The van der Waals surface area contributed by atoms with E-state index in [1.165, 1.54) is 0 Å². The summed E-state index contributed by atoms with van der Waals surface area (Å²) in [5.74, 6) is -0.0459. The van der Waals surface area contributed by atoms with E-state index in [-0.39, 0.29) is 18.0 Å². The molecule has 0 bridgehead atoms. The van der Waals surface area contributed by atoms with E-state index in [0.717, 1.165) is 30.7 Å². The van der Waals surface area contributed by atoms with Gasteiger partial charge in [-0.3, -0.25) is 9.48 Å². The van der Waals surface area contributed by atoms with Crippen LogP contribution in [-0.2, 0) is 7.05 Å². The zero-order valence-electron chi connectivity index (χ0n) is 10.7. The van der Waals surface area contributed by atoms with Gasteiger partial charge in [-0.15, -0.1) is 0 Å². The number of hydrogen-bond donors (Lipinski definition) is 2. The first-order chi connectivity index (χ1) is 8.00. The van der Waals surface area contributed by atoms with Crippen LogP contribution in [0.4, 0.5) is 0 Å². The van der Waals surface area contributed by atoms with E-state index in [4.69, 9.17) is 5.73 Å². The zero-order valence-corrected chi connectivity index (χ0v) is 10.7. The summed E-state index contributed by atoms with van der Waals surface area (Å²) >= 11 is 0. The first kappa shape index (κ1) is 12.1. The molecule has 1 amide bonds. The van der Waals surface area contributed by atoms with E-state index in [1.54, 1.807) is 4.68 Å². The Kier molecular flexibility index (Phi) is 3.19. The van der Waals surface area contributed by atoms with Gasteiger partial charge in [0.25, 0.3) is 5.91 Å². The van der Waals surface area contributed by atoms with Crippen LogP contribution >= 0.6 is 0 Å². The second-order valence-corrected chi connectivity index (χ2v) is 4.84. The Labute approximate surface area is 101 Å². The largest absolute Gasteiger partial charge is 0.348 e. The number of nitrogens with one attached hydrogen (secondary N) is 1. The van der Waals surface area contributed by atoms with E-state index in [2.05, 4.69) is 10.4 Å². The van der Waals surface area contributed by atoms with Gasteiger partial charge in [0, 0.05) is 24.8 Å². The molecule has 1 heterocycles. The lowest BCUT2D eigenvalue weighted by atomic mass is 10.1. The summed E-state index contributed by atoms with van der Waals surface area (Å²) in [6, 6.07) is 0.206. The number of carbonyl (C=O) groups excluding carboxylic acids is 1. The third-order valence-electron chi connectivity index (χ3n) is 3.62. The van der Waals surface area contributed by atoms with Gasteiger partial charge in [-0.1, -0.05) is 0 Å². The molecule has 1 fully saturated rings. The number of aryl methyl sites for hydroxylation is 2. The van der Waals surface area contributed by atoms with Crippen molar-refractivity contribution < 1.29 is 4.79 Å². The highest BCUT2D eigenvalue weighted by Crippen LogP contribution is 2.19. The van der Waals surface area contributed by atoms with Crippen LogP contribution in [0.5, 0.6) is 0 Å². The molecule has 17 heavy (non-hydrogen) atoms. The lowest BCUT2D eigenvalue weighted by Gasteiger charge is -2.17. The number of amides is 1. The molecule has 0 saturated heterocycles. The minimum absolute atomic E-state index is 0.0459. The molecule has 2 atom stereocenters. The van der Waals surface area contributed by atoms with Crippen LogP contribution in [0.1, 0.15) is 41.0 Å². The van der Waals surface area contributed by atoms with Gasteiger partial charge in [0.05, 0.1) is 11.3 Å². The van der Waals surface area contributed by atoms with Crippen LogP contribution in [0.3, 0.4) is 0 Å². The summed E-state index contributed by atoms with van der Waals surface area (Å²) in [5.41, 5.74) is 8.31. The van der Waals surface area contributed by atoms with Gasteiger partial charge in [0.1, 0.15) is 0 Å². The lowest BCUT2D eigenvalue weighted by Crippen LogP contribution is -2.44. The molecule has 2 unspecified atom stereocenters. The normalized spacial score (nSPS) is 24.0. The molecule has 94 valence electrons. The Bertz CT molecular complexity index is 438. The van der Waals surface area contributed by atoms with Crippen molar-refractivity contribution >= 4 is 5.91 Å². The highest BCUT2D eigenvalue weighted by molar-refractivity contribution is 5.96. The standard InChI is InChI=1S/C12H20N4O/c1-7-11(8(2)16(3)15-7)12(17)14-10-6-4-5-9(10)13/h9-10H,4-6,13H2,1-3H3,(H,14,17). The van der Waals surface area contributed by atoms with Crippen molar-refractivity contribution in [2.75, 3.05) is 0 Å². The molecule has 0 radical (unpaired) electrons. The first-order valence-electron chi connectivity index (χ1n) is 6.07. The summed E-state index contributed by atoms with van der Waals surface area (Å²) in [6.07, 6.45) is 3.07. The van der Waals surface area contributed by atoms with Crippen LogP contribution in [0, 0.1) is 13.8 Å². The molecule has 0 aliphatic heterocycles. The van der Waals surface area contributed by atoms with Gasteiger partial charge in [0.15, 0.2) is 0 Å². The highest BCUT2D eigenvalue weighted by Gasteiger charge is 2.27. The van der Waals surface area contributed by atoms with Crippen molar-refractivity contribution in [1.82, 2.24) is 15.1 Å². The van der Waals surface area contributed by atoms with E-state index >= 15 is 0 Å². The predicted octanol–water partition coefficient (Wildman–Crippen LogP) is 0.647. The average molecular weight is 236 g/mol. The topological polar surface area (TPSA) is 72.9 Å². The Hall–Kier alpha value is -1.36. The van der Waals surface area contributed by atoms with Crippen molar-refractivity contribution in [3.8, 4) is 0 Å². The number of rotatable bonds is 2. The molecular formula is C12H20N4O. The summed E-state index contributed by atoms with van der Waals surface area (Å²) in [5, 5.41) is 7.27. The fourth-order valence-corrected chi connectivity index (χ4v) is 2.51. The molecule has 1 saturated carbocycles. The molecule has 1 aromatic rings. The number of carbonyl (C=O) groups is 1. The molecule has 1 aliphatic carbocycles. The number of hydrogen-bond acceptors (Lipinski definition) is 3. The Morgan fingerprint density at radius 2 is 2.18 bits per heavy atom. The van der Waals surface area contributed by atoms with E-state index in [9.17, 15) is 4.79 Å². The van der Waals surface area contributed by atoms with Gasteiger partial charge < -0.3 is 11.1 Å². The molecule has 1 aromatic heterocycles. The Morgan fingerprint density at radius 3 is 2.65 bits per heavy atom. The fourth-order valence-electron chi connectivity index (χ4n) is 2.51. The molecule has 0 spiro atoms. The summed E-state index contributed by atoms with van der Waals surface area (Å²) in [7, 11) is 1.85. The van der Waals surface area contributed by atoms with Gasteiger partial charge in [-0.25, -0.2) is 0 Å². The van der Waals surface area contributed by atoms with Crippen molar-refractivity contribution in [1.29, 1.82) is 0 Å². The van der Waals surface area contributed by atoms with Crippen molar-refractivity contribution in [2.24, 2.45) is 12.8 Å². The zero-order chi connectivity index (χ0) is 12.6. The van der Waals surface area contributed by atoms with Gasteiger partial charge in [-0.05, 0) is 33.1 Å². The SMILES string of the molecule is Cc1nn(C)c(C)c1C(=O)NC1CCCC1N. The van der Waals surface area contributed by atoms with E-state index in [0.29, 0.717) is 5.56 Å². The second kappa shape index (κ2) is 4.49. The quantitative estimate of drug-likeness (QED) is 0.791. The highest BCUT2D eigenvalue weighted by atomic mass is 16.1. The average Bonchev–Trinajstić information content (AvgIpc) is 2.74. The van der Waals surface area contributed by atoms with Gasteiger partial charge in [0.2, 0.25) is 0 Å². The Morgan fingerprint density at radius 1 is 1.47 bits per heavy atom. The maximum atomic E-state index is 12.2. The van der Waals surface area contributed by atoms with Crippen LogP contribution in [0.2, 0.25) is 0 Å². The summed E-state index contributed by atoms with van der Waals surface area (Å²) in [6.45, 7) is 3.76. The molecule has 5 heteroatoms. The predicted molar refractivity (Wildman–Crippen MR) is 65.8 cm³/mol. The maximum Gasteiger partial charge on any atom is 0.255 e. The third kappa shape index (κ3) is 2.20. The summed E-state index contributed by atoms with van der Waals surface area (Å²) < 4.78 is 1.73. The number of nitrogens with zero attached hydrogens (tertiary/aromatic N) is 2. The number of nitrogens with two attached hydrogens (primary N) is 1. The van der Waals surface area contributed by atoms with Crippen molar-refractivity contribution in [3.05, 3.63) is 17.0 Å². The second-order valence-electron chi connectivity index (χ2n) is 4.84. The molecule has 2 rings (SSSR count). The summed E-state index contributed by atoms with van der Waals surface area (Å²) in [4.78, 5) is 12.2. The van der Waals surface area contributed by atoms with Crippen LogP contribution in [0.25, 0.3) is 0 Å². The molecular weight excluding hydrogens is 216 g/mol. The smallest absolute Gasteiger partial charge is 0.255 e. The maximum absolute atomic E-state index is 12.2.